The Kier molecular flexibility index (Phi) is 9.85. The van der Waals surface area contributed by atoms with Crippen molar-refractivity contribution in [2.75, 3.05) is 0 Å². The number of ether oxygens (including phenoxy) is 2. The van der Waals surface area contributed by atoms with E-state index in [0.29, 0.717) is 36.4 Å². The van der Waals surface area contributed by atoms with Gasteiger partial charge in [-0.1, -0.05) is 12.1 Å². The highest BCUT2D eigenvalue weighted by Crippen LogP contribution is 2.58. The summed E-state index contributed by atoms with van der Waals surface area (Å²) in [6.45, 7) is 0. The van der Waals surface area contributed by atoms with Crippen LogP contribution in [0.15, 0.2) is 72.8 Å². The third-order valence-electron chi connectivity index (χ3n) is 7.17. The van der Waals surface area contributed by atoms with E-state index in [4.69, 9.17) is 9.47 Å². The molecule has 0 saturated carbocycles. The number of nitro groups is 6. The molecule has 53 heavy (non-hydrogen) atoms. The van der Waals surface area contributed by atoms with Crippen molar-refractivity contribution in [1.29, 1.82) is 0 Å². The van der Waals surface area contributed by atoms with E-state index in [1.165, 1.54) is 0 Å². The minimum absolute atomic E-state index is 0.0248. The van der Waals surface area contributed by atoms with Crippen molar-refractivity contribution in [1.82, 2.24) is 0 Å². The van der Waals surface area contributed by atoms with Gasteiger partial charge in [-0.15, -0.1) is 0 Å². The molecular weight excluding hydrogens is 746 g/mol. The molecule has 20 nitrogen and oxygen atoms in total. The maximum Gasteiger partial charge on any atom is 0.411 e. The molecule has 4 aromatic rings. The zero-order valence-corrected chi connectivity index (χ0v) is 25.1. The number of rotatable bonds is 12. The fourth-order valence-corrected chi connectivity index (χ4v) is 4.87. The number of halogens is 6. The highest BCUT2D eigenvalue weighted by molar-refractivity contribution is 5.62. The van der Waals surface area contributed by atoms with E-state index in [9.17, 15) is 87.0 Å². The first kappa shape index (κ1) is 38.3. The minimum Gasteiger partial charge on any atom is -0.443 e. The molecule has 0 aliphatic rings. The quantitative estimate of drug-likeness (QED) is 0.0749. The molecule has 0 amide bonds. The van der Waals surface area contributed by atoms with Crippen LogP contribution in [0.2, 0.25) is 0 Å². The summed E-state index contributed by atoms with van der Waals surface area (Å²) >= 11 is 0. The Morgan fingerprint density at radius 2 is 0.660 bits per heavy atom. The molecule has 0 bridgehead atoms. The smallest absolute Gasteiger partial charge is 0.411 e. The molecule has 0 aliphatic carbocycles. The fourth-order valence-electron chi connectivity index (χ4n) is 4.87. The van der Waals surface area contributed by atoms with Crippen LogP contribution in [-0.2, 0) is 5.41 Å². The maximum absolute atomic E-state index is 14.9. The molecule has 4 rings (SSSR count). The number of non-ortho nitro benzene ring substituents is 2. The molecule has 0 fully saturated rings. The first-order chi connectivity index (χ1) is 24.5. The zero-order chi connectivity index (χ0) is 39.8. The second-order valence-corrected chi connectivity index (χ2v) is 10.2. The van der Waals surface area contributed by atoms with Crippen molar-refractivity contribution in [2.24, 2.45) is 0 Å². The van der Waals surface area contributed by atoms with Crippen molar-refractivity contribution in [2.45, 2.75) is 17.8 Å². The van der Waals surface area contributed by atoms with Gasteiger partial charge in [0.2, 0.25) is 28.4 Å². The molecule has 0 radical (unpaired) electrons. The van der Waals surface area contributed by atoms with Gasteiger partial charge in [-0.2, -0.15) is 26.3 Å². The molecule has 4 aromatic carbocycles. The molecule has 0 N–H and O–H groups in total. The van der Waals surface area contributed by atoms with Gasteiger partial charge in [0.05, 0.1) is 41.7 Å². The number of nitrogens with zero attached hydrogens (tertiary/aromatic N) is 6. The monoisotopic (exact) mass is 758 g/mol. The molecular formula is C27H12F6N6O14. The summed E-state index contributed by atoms with van der Waals surface area (Å²) in [7, 11) is 0. The van der Waals surface area contributed by atoms with Gasteiger partial charge in [0.25, 0.3) is 11.4 Å². The van der Waals surface area contributed by atoms with Crippen LogP contribution in [0.4, 0.5) is 60.5 Å². The summed E-state index contributed by atoms with van der Waals surface area (Å²) in [4.78, 5) is 61.2. The largest absolute Gasteiger partial charge is 0.443 e. The molecule has 0 aromatic heterocycles. The van der Waals surface area contributed by atoms with Crippen LogP contribution in [0.3, 0.4) is 0 Å². The maximum atomic E-state index is 14.9. The Morgan fingerprint density at radius 3 is 0.906 bits per heavy atom. The average Bonchev–Trinajstić information content (AvgIpc) is 3.04. The first-order valence-electron chi connectivity index (χ1n) is 13.4. The molecule has 0 heterocycles. The number of hydrogen-bond donors (Lipinski definition) is 0. The molecule has 0 atom stereocenters. The van der Waals surface area contributed by atoms with Crippen LogP contribution in [-0.4, -0.2) is 41.9 Å². The first-order valence-corrected chi connectivity index (χ1v) is 13.4. The SMILES string of the molecule is O=[N+]([O-])c1ccc(Oc2ccc(C(c3ccc(Oc4ccc([N+](=O)[O-])cc4[N+](=O)[O-])c([N+](=O)[O-])c3)(C(F)(F)F)C(F)(F)F)cc2[N+](=O)[O-])c([N+](=O)[O-])c1. The normalized spacial score (nSPS) is 11.7. The topological polar surface area (TPSA) is 277 Å². The summed E-state index contributed by atoms with van der Waals surface area (Å²) in [6.07, 6.45) is -13.0. The minimum atomic E-state index is -6.51. The fraction of sp³-hybridized carbons (Fsp3) is 0.111. The lowest BCUT2D eigenvalue weighted by atomic mass is 9.72. The Morgan fingerprint density at radius 1 is 0.396 bits per heavy atom. The second kappa shape index (κ2) is 13.6. The van der Waals surface area contributed by atoms with Gasteiger partial charge in [-0.3, -0.25) is 60.7 Å². The summed E-state index contributed by atoms with van der Waals surface area (Å²) in [5.41, 5.74) is -16.6. The predicted molar refractivity (Wildman–Crippen MR) is 159 cm³/mol. The summed E-state index contributed by atoms with van der Waals surface area (Å²) in [5, 5.41) is 68.8. The van der Waals surface area contributed by atoms with Crippen LogP contribution in [0.25, 0.3) is 0 Å². The van der Waals surface area contributed by atoms with E-state index >= 15 is 0 Å². The van der Waals surface area contributed by atoms with Crippen LogP contribution in [0.5, 0.6) is 23.0 Å². The van der Waals surface area contributed by atoms with Crippen LogP contribution in [0.1, 0.15) is 11.1 Å². The molecule has 276 valence electrons. The summed E-state index contributed by atoms with van der Waals surface area (Å²) in [6, 6.07) is 3.08. The van der Waals surface area contributed by atoms with E-state index in [2.05, 4.69) is 0 Å². The third kappa shape index (κ3) is 7.07. The van der Waals surface area contributed by atoms with E-state index in [1.54, 1.807) is 0 Å². The summed E-state index contributed by atoms with van der Waals surface area (Å²) in [5.74, 6) is -4.25. The lowest BCUT2D eigenvalue weighted by Gasteiger charge is -2.38. The van der Waals surface area contributed by atoms with Crippen molar-refractivity contribution in [3.63, 3.8) is 0 Å². The van der Waals surface area contributed by atoms with Gasteiger partial charge in [0.1, 0.15) is 0 Å². The van der Waals surface area contributed by atoms with Crippen molar-refractivity contribution in [3.05, 3.63) is 145 Å². The predicted octanol–water partition coefficient (Wildman–Crippen LogP) is 8.13. The van der Waals surface area contributed by atoms with Crippen LogP contribution < -0.4 is 9.47 Å². The zero-order valence-electron chi connectivity index (χ0n) is 25.1. The van der Waals surface area contributed by atoms with Crippen LogP contribution in [0, 0.1) is 60.7 Å². The van der Waals surface area contributed by atoms with Crippen molar-refractivity contribution >= 4 is 34.1 Å². The van der Waals surface area contributed by atoms with E-state index < -0.39 is 116 Å². The summed E-state index contributed by atoms with van der Waals surface area (Å²) < 4.78 is 99.6. The van der Waals surface area contributed by atoms with E-state index in [0.717, 1.165) is 0 Å². The van der Waals surface area contributed by atoms with Crippen LogP contribution >= 0.6 is 0 Å². The van der Waals surface area contributed by atoms with Gasteiger partial charge in [-0.05, 0) is 35.4 Å². The average molecular weight is 758 g/mol. The van der Waals surface area contributed by atoms with Crippen molar-refractivity contribution in [3.8, 4) is 23.0 Å². The lowest BCUT2D eigenvalue weighted by Crippen LogP contribution is -2.54. The lowest BCUT2D eigenvalue weighted by molar-refractivity contribution is -0.395. The number of alkyl halides is 6. The molecule has 0 saturated heterocycles. The van der Waals surface area contributed by atoms with Gasteiger partial charge in [0, 0.05) is 24.3 Å². The van der Waals surface area contributed by atoms with Gasteiger partial charge < -0.3 is 9.47 Å². The Hall–Kier alpha value is -7.54. The Balaban J connectivity index is 1.95. The van der Waals surface area contributed by atoms with E-state index in [-0.39, 0.29) is 36.4 Å². The second-order valence-electron chi connectivity index (χ2n) is 10.2. The molecule has 0 spiro atoms. The Bertz CT molecular complexity index is 2070. The van der Waals surface area contributed by atoms with Gasteiger partial charge in [-0.25, -0.2) is 0 Å². The number of nitro benzene ring substituents is 6. The van der Waals surface area contributed by atoms with E-state index in [1.807, 2.05) is 0 Å². The number of benzene rings is 4. The molecule has 0 aliphatic heterocycles. The molecule has 26 heteroatoms. The molecule has 0 unspecified atom stereocenters. The van der Waals surface area contributed by atoms with Gasteiger partial charge in [0.15, 0.2) is 0 Å². The standard InChI is InChI=1S/C27H12F6N6O14/c28-26(29,30)25(27(31,32)33,13-1-5-21(17(9-13)36(44)45)52-23-7-3-15(34(40)41)11-19(23)38(48)49)14-2-6-22(18(10-14)37(46)47)53-24-8-4-16(35(42)43)12-20(24)39(50)51/h1-12H. The number of hydrogen-bond acceptors (Lipinski definition) is 14. The van der Waals surface area contributed by atoms with Crippen molar-refractivity contribution < 1.29 is 65.4 Å². The highest BCUT2D eigenvalue weighted by Gasteiger charge is 2.73. The Labute approximate surface area is 285 Å². The highest BCUT2D eigenvalue weighted by atomic mass is 19.4. The van der Waals surface area contributed by atoms with Gasteiger partial charge >= 0.3 is 35.1 Å². The third-order valence-corrected chi connectivity index (χ3v) is 7.17.